The Morgan fingerprint density at radius 1 is 1.26 bits per heavy atom. The van der Waals surface area contributed by atoms with E-state index in [4.69, 9.17) is 4.74 Å². The molecular weight excluding hydrogens is 252 g/mol. The fourth-order valence-electron chi connectivity index (χ4n) is 1.64. The summed E-state index contributed by atoms with van der Waals surface area (Å²) in [6.07, 6.45) is 0. The van der Waals surface area contributed by atoms with Crippen LogP contribution in [0, 0.1) is 10.1 Å². The molecule has 7 nitrogen and oxygen atoms in total. The maximum atomic E-state index is 11.4. The van der Waals surface area contributed by atoms with Gasteiger partial charge in [-0.1, -0.05) is 12.1 Å². The number of para-hydroxylation sites is 2. The Morgan fingerprint density at radius 3 is 2.58 bits per heavy atom. The predicted molar refractivity (Wildman–Crippen MR) is 68.9 cm³/mol. The van der Waals surface area contributed by atoms with Gasteiger partial charge in [0.05, 0.1) is 11.5 Å². The van der Waals surface area contributed by atoms with Gasteiger partial charge < -0.3 is 10.1 Å². The minimum absolute atomic E-state index is 0.0406. The van der Waals surface area contributed by atoms with Gasteiger partial charge in [-0.25, -0.2) is 0 Å². The van der Waals surface area contributed by atoms with Gasteiger partial charge in [-0.3, -0.25) is 19.7 Å². The molecule has 0 atom stereocenters. The molecule has 0 unspecified atom stereocenters. The summed E-state index contributed by atoms with van der Waals surface area (Å²) in [4.78, 5) is 32.9. The van der Waals surface area contributed by atoms with Crippen LogP contribution in [0.1, 0.15) is 6.92 Å². The van der Waals surface area contributed by atoms with Gasteiger partial charge in [-0.15, -0.1) is 0 Å². The number of rotatable bonds is 5. The molecule has 0 heterocycles. The van der Waals surface area contributed by atoms with Crippen LogP contribution in [0.25, 0.3) is 0 Å². The number of nitrogens with one attached hydrogen (secondary N) is 1. The number of anilines is 2. The minimum atomic E-state index is -0.735. The van der Waals surface area contributed by atoms with Crippen molar-refractivity contribution >= 4 is 17.1 Å². The molecule has 0 aliphatic carbocycles. The number of ether oxygens (including phenoxy) is 1. The molecule has 0 bridgehead atoms. The van der Waals surface area contributed by atoms with E-state index in [0.29, 0.717) is 0 Å². The van der Waals surface area contributed by atoms with Crippen molar-refractivity contribution in [2.75, 3.05) is 11.9 Å². The molecule has 0 saturated heterocycles. The summed E-state index contributed by atoms with van der Waals surface area (Å²) in [5, 5.41) is 13.4. The fraction of sp³-hybridized carbons (Fsp3) is 0.167. The second-order valence-electron chi connectivity index (χ2n) is 3.69. The molecule has 0 fully saturated rings. The van der Waals surface area contributed by atoms with Gasteiger partial charge in [0.1, 0.15) is 11.4 Å². The van der Waals surface area contributed by atoms with Crippen LogP contribution in [0.15, 0.2) is 33.9 Å². The molecule has 19 heavy (non-hydrogen) atoms. The van der Waals surface area contributed by atoms with E-state index in [9.17, 15) is 19.7 Å². The van der Waals surface area contributed by atoms with Crippen molar-refractivity contribution in [3.05, 3.63) is 54.8 Å². The number of nitro benzene ring substituents is 1. The second-order valence-corrected chi connectivity index (χ2v) is 3.69. The Bertz CT molecular complexity index is 700. The first-order valence-corrected chi connectivity index (χ1v) is 5.52. The van der Waals surface area contributed by atoms with Crippen LogP contribution in [-0.4, -0.2) is 11.5 Å². The van der Waals surface area contributed by atoms with Gasteiger partial charge in [0, 0.05) is 6.07 Å². The molecule has 0 aliphatic rings. The van der Waals surface area contributed by atoms with Crippen molar-refractivity contribution in [1.82, 2.24) is 0 Å². The van der Waals surface area contributed by atoms with E-state index in [1.54, 1.807) is 13.0 Å². The van der Waals surface area contributed by atoms with Gasteiger partial charge in [0.2, 0.25) is 0 Å². The molecular formula is C12H10N2O5. The summed E-state index contributed by atoms with van der Waals surface area (Å²) >= 11 is 0. The quantitative estimate of drug-likeness (QED) is 0.496. The zero-order valence-electron chi connectivity index (χ0n) is 10.0. The van der Waals surface area contributed by atoms with E-state index in [0.717, 1.165) is 0 Å². The Kier molecular flexibility index (Phi) is 3.28. The maximum Gasteiger partial charge on any atom is 0.292 e. The summed E-state index contributed by atoms with van der Waals surface area (Å²) in [5.41, 5.74) is -1.54. The highest BCUT2D eigenvalue weighted by atomic mass is 16.6. The maximum absolute atomic E-state index is 11.4. The predicted octanol–water partition coefficient (Wildman–Crippen LogP) is 1.33. The molecule has 0 saturated carbocycles. The standard InChI is InChI=1S/C12H10N2O5/c1-2-19-12-9(10(15)11(12)16)13-7-5-3-4-6-8(7)14(17)18/h3-6,13H,2H2,1H3. The molecule has 2 rings (SSSR count). The summed E-state index contributed by atoms with van der Waals surface area (Å²) in [5.74, 6) is -0.0781. The highest BCUT2D eigenvalue weighted by Gasteiger charge is 2.24. The third-order valence-electron chi connectivity index (χ3n) is 2.52. The van der Waals surface area contributed by atoms with Crippen LogP contribution >= 0.6 is 0 Å². The number of nitrogens with zero attached hydrogens (tertiary/aromatic N) is 1. The normalized spacial score (nSPS) is 10.4. The average molecular weight is 262 g/mol. The Hall–Kier alpha value is -2.70. The number of hydrogen-bond donors (Lipinski definition) is 1. The molecule has 0 radical (unpaired) electrons. The monoisotopic (exact) mass is 262 g/mol. The minimum Gasteiger partial charge on any atom is -0.488 e. The van der Waals surface area contributed by atoms with Crippen molar-refractivity contribution in [3.8, 4) is 5.75 Å². The third-order valence-corrected chi connectivity index (χ3v) is 2.52. The lowest BCUT2D eigenvalue weighted by molar-refractivity contribution is -0.383. The summed E-state index contributed by atoms with van der Waals surface area (Å²) in [7, 11) is 0. The summed E-state index contributed by atoms with van der Waals surface area (Å²) in [6, 6.07) is 5.84. The smallest absolute Gasteiger partial charge is 0.292 e. The Labute approximate surface area is 107 Å². The van der Waals surface area contributed by atoms with E-state index >= 15 is 0 Å². The van der Waals surface area contributed by atoms with Gasteiger partial charge in [-0.05, 0) is 13.0 Å². The van der Waals surface area contributed by atoms with Crippen LogP contribution in [0.4, 0.5) is 17.1 Å². The van der Waals surface area contributed by atoms with E-state index in [1.165, 1.54) is 18.2 Å². The highest BCUT2D eigenvalue weighted by Crippen LogP contribution is 2.29. The van der Waals surface area contributed by atoms with Crippen molar-refractivity contribution in [3.63, 3.8) is 0 Å². The SMILES string of the molecule is CCOc1c(Nc2ccccc2[N+](=O)[O-])c(=O)c1=O. The Balaban J connectivity index is 2.38. The van der Waals surface area contributed by atoms with Gasteiger partial charge in [-0.2, -0.15) is 0 Å². The molecule has 1 N–H and O–H groups in total. The molecule has 0 spiro atoms. The first kappa shape index (κ1) is 12.7. The number of hydrogen-bond acceptors (Lipinski definition) is 6. The number of benzene rings is 1. The zero-order valence-corrected chi connectivity index (χ0v) is 10.0. The number of nitro groups is 1. The van der Waals surface area contributed by atoms with Crippen LogP contribution < -0.4 is 20.9 Å². The van der Waals surface area contributed by atoms with E-state index < -0.39 is 15.8 Å². The molecule has 7 heteroatoms. The van der Waals surface area contributed by atoms with Crippen LogP contribution in [0.2, 0.25) is 0 Å². The fourth-order valence-corrected chi connectivity index (χ4v) is 1.64. The first-order valence-electron chi connectivity index (χ1n) is 5.52. The van der Waals surface area contributed by atoms with Crippen molar-refractivity contribution in [2.45, 2.75) is 6.92 Å². The third kappa shape index (κ3) is 2.17. The lowest BCUT2D eigenvalue weighted by Gasteiger charge is -2.12. The van der Waals surface area contributed by atoms with Crippen molar-refractivity contribution in [1.29, 1.82) is 0 Å². The van der Waals surface area contributed by atoms with E-state index in [2.05, 4.69) is 5.32 Å². The van der Waals surface area contributed by atoms with E-state index in [-0.39, 0.29) is 29.4 Å². The Morgan fingerprint density at radius 2 is 1.95 bits per heavy atom. The molecule has 98 valence electrons. The topological polar surface area (TPSA) is 98.5 Å². The largest absolute Gasteiger partial charge is 0.488 e. The first-order chi connectivity index (χ1) is 9.06. The van der Waals surface area contributed by atoms with Crippen LogP contribution in [0.5, 0.6) is 5.75 Å². The molecule has 0 aromatic heterocycles. The van der Waals surface area contributed by atoms with Crippen LogP contribution in [0.3, 0.4) is 0 Å². The second kappa shape index (κ2) is 4.89. The summed E-state index contributed by atoms with van der Waals surface area (Å²) < 4.78 is 5.02. The molecule has 0 amide bonds. The average Bonchev–Trinajstić information content (AvgIpc) is 2.42. The lowest BCUT2D eigenvalue weighted by Crippen LogP contribution is -2.35. The van der Waals surface area contributed by atoms with Gasteiger partial charge in [0.25, 0.3) is 16.5 Å². The lowest BCUT2D eigenvalue weighted by atomic mass is 10.2. The van der Waals surface area contributed by atoms with E-state index in [1.807, 2.05) is 0 Å². The molecule has 2 aromatic carbocycles. The molecule has 2 aromatic rings. The molecule has 0 aliphatic heterocycles. The van der Waals surface area contributed by atoms with Gasteiger partial charge in [0.15, 0.2) is 5.75 Å². The highest BCUT2D eigenvalue weighted by molar-refractivity contribution is 5.75. The summed E-state index contributed by atoms with van der Waals surface area (Å²) in [6.45, 7) is 1.90. The van der Waals surface area contributed by atoms with Crippen LogP contribution in [-0.2, 0) is 0 Å². The van der Waals surface area contributed by atoms with Crippen molar-refractivity contribution in [2.24, 2.45) is 0 Å². The van der Waals surface area contributed by atoms with Crippen molar-refractivity contribution < 1.29 is 9.66 Å². The zero-order chi connectivity index (χ0) is 14.0. The van der Waals surface area contributed by atoms with Gasteiger partial charge >= 0.3 is 0 Å².